The summed E-state index contributed by atoms with van der Waals surface area (Å²) < 4.78 is 0. The van der Waals surface area contributed by atoms with Gasteiger partial charge in [0.05, 0.1) is 22.1 Å². The highest BCUT2D eigenvalue weighted by molar-refractivity contribution is 6.46. The number of Topliss-reactive ketones (excluding diaryl/α,β-unsaturated/α-hetero) is 1. The van der Waals surface area contributed by atoms with E-state index >= 15 is 0 Å². The van der Waals surface area contributed by atoms with Crippen LogP contribution in [0, 0.1) is 10.1 Å². The molecule has 0 radical (unpaired) electrons. The van der Waals surface area contributed by atoms with Gasteiger partial charge in [-0.1, -0.05) is 30.3 Å². The fourth-order valence-electron chi connectivity index (χ4n) is 4.13. The highest BCUT2D eigenvalue weighted by Crippen LogP contribution is 2.42. The van der Waals surface area contributed by atoms with E-state index in [0.29, 0.717) is 17.5 Å². The molecule has 3 aromatic rings. The molecule has 0 saturated carbocycles. The molecule has 0 aliphatic carbocycles. The lowest BCUT2D eigenvalue weighted by Crippen LogP contribution is -2.35. The number of nitro groups is 1. The number of non-ortho nitro benzene ring substituents is 1. The van der Waals surface area contributed by atoms with Crippen LogP contribution in [0.2, 0.25) is 0 Å². The zero-order chi connectivity index (χ0) is 24.6. The number of benzene rings is 3. The molecule has 1 atom stereocenters. The summed E-state index contributed by atoms with van der Waals surface area (Å²) in [5, 5.41) is 34.4. The monoisotopic (exact) mass is 461 g/mol. The standard InChI is InChI=1S/C25H23N3O6/c1-26(2)13-14-27-21(16-7-10-17(11-8-16)28(33)34)20(24(31)25(27)32)23(30)19-12-9-15-5-3-4-6-18(15)22(19)29/h3-12,21,29-30H,13-14H2,1-2H3/b23-20-. The number of ketones is 1. The molecular weight excluding hydrogens is 438 g/mol. The number of nitrogens with zero attached hydrogens (tertiary/aromatic N) is 3. The summed E-state index contributed by atoms with van der Waals surface area (Å²) in [4.78, 5) is 39.8. The van der Waals surface area contributed by atoms with Gasteiger partial charge < -0.3 is 20.0 Å². The number of likely N-dealkylation sites (tertiary alicyclic amines) is 1. The topological polar surface area (TPSA) is 124 Å². The van der Waals surface area contributed by atoms with E-state index in [-0.39, 0.29) is 29.1 Å². The van der Waals surface area contributed by atoms with Crippen LogP contribution in [-0.2, 0) is 9.59 Å². The van der Waals surface area contributed by atoms with E-state index in [0.717, 1.165) is 5.39 Å². The van der Waals surface area contributed by atoms with Crippen LogP contribution in [0.15, 0.2) is 66.2 Å². The molecule has 1 unspecified atom stereocenters. The summed E-state index contributed by atoms with van der Waals surface area (Å²) in [7, 11) is 3.65. The van der Waals surface area contributed by atoms with E-state index in [1.54, 1.807) is 24.3 Å². The van der Waals surface area contributed by atoms with Crippen molar-refractivity contribution in [3.8, 4) is 5.75 Å². The number of carbonyl (C=O) groups is 2. The molecule has 9 heteroatoms. The van der Waals surface area contributed by atoms with Gasteiger partial charge in [0.1, 0.15) is 11.5 Å². The number of hydrogen-bond acceptors (Lipinski definition) is 7. The van der Waals surface area contributed by atoms with E-state index in [1.165, 1.54) is 35.2 Å². The fraction of sp³-hybridized carbons (Fsp3) is 0.200. The van der Waals surface area contributed by atoms with Crippen molar-refractivity contribution < 1.29 is 24.7 Å². The Morgan fingerprint density at radius 2 is 1.74 bits per heavy atom. The number of nitro benzene ring substituents is 1. The van der Waals surface area contributed by atoms with E-state index < -0.39 is 28.4 Å². The van der Waals surface area contributed by atoms with Crippen LogP contribution < -0.4 is 0 Å². The number of fused-ring (bicyclic) bond motifs is 1. The van der Waals surface area contributed by atoms with Gasteiger partial charge in [-0.05, 0) is 43.2 Å². The molecule has 2 N–H and O–H groups in total. The van der Waals surface area contributed by atoms with Crippen LogP contribution in [-0.4, -0.2) is 63.8 Å². The Kier molecular flexibility index (Phi) is 6.04. The maximum Gasteiger partial charge on any atom is 0.295 e. The largest absolute Gasteiger partial charge is 0.507 e. The SMILES string of the molecule is CN(C)CCN1C(=O)C(=O)/C(=C(\O)c2ccc3ccccc3c2O)C1c1ccc([N+](=O)[O-])cc1. The molecule has 1 aliphatic heterocycles. The maximum atomic E-state index is 13.1. The van der Waals surface area contributed by atoms with Gasteiger partial charge in [-0.15, -0.1) is 0 Å². The Bertz CT molecular complexity index is 1330. The third-order valence-corrected chi connectivity index (χ3v) is 5.90. The smallest absolute Gasteiger partial charge is 0.295 e. The number of likely N-dealkylation sites (N-methyl/N-ethyl adjacent to an activating group) is 1. The van der Waals surface area contributed by atoms with Crippen molar-refractivity contribution in [2.45, 2.75) is 6.04 Å². The van der Waals surface area contributed by atoms with E-state index in [2.05, 4.69) is 0 Å². The first-order valence-electron chi connectivity index (χ1n) is 10.6. The quantitative estimate of drug-likeness (QED) is 0.189. The van der Waals surface area contributed by atoms with Crippen molar-refractivity contribution in [1.29, 1.82) is 0 Å². The van der Waals surface area contributed by atoms with Crippen LogP contribution in [0.25, 0.3) is 16.5 Å². The summed E-state index contributed by atoms with van der Waals surface area (Å²) in [6.45, 7) is 0.650. The zero-order valence-corrected chi connectivity index (χ0v) is 18.6. The summed E-state index contributed by atoms with van der Waals surface area (Å²) in [5.41, 5.74) is 0.144. The predicted molar refractivity (Wildman–Crippen MR) is 126 cm³/mol. The number of amides is 1. The minimum absolute atomic E-state index is 0.0243. The van der Waals surface area contributed by atoms with Gasteiger partial charge in [-0.25, -0.2) is 0 Å². The second kappa shape index (κ2) is 8.95. The van der Waals surface area contributed by atoms with E-state index in [1.807, 2.05) is 25.1 Å². The lowest BCUT2D eigenvalue weighted by atomic mass is 9.94. The first kappa shape index (κ1) is 22.9. The number of aromatic hydroxyl groups is 1. The van der Waals surface area contributed by atoms with Crippen LogP contribution >= 0.6 is 0 Å². The Balaban J connectivity index is 1.89. The number of aliphatic hydroxyl groups excluding tert-OH is 1. The third kappa shape index (κ3) is 3.97. The summed E-state index contributed by atoms with van der Waals surface area (Å²) >= 11 is 0. The van der Waals surface area contributed by atoms with Gasteiger partial charge in [0.2, 0.25) is 0 Å². The minimum Gasteiger partial charge on any atom is -0.507 e. The number of carbonyl (C=O) groups excluding carboxylic acids is 2. The molecule has 1 saturated heterocycles. The molecule has 0 aromatic heterocycles. The Hall–Kier alpha value is -4.24. The number of phenolic OH excluding ortho intramolecular Hbond substituents is 1. The lowest BCUT2D eigenvalue weighted by molar-refractivity contribution is -0.384. The Labute approximate surface area is 195 Å². The second-order valence-corrected chi connectivity index (χ2v) is 8.33. The Morgan fingerprint density at radius 1 is 1.06 bits per heavy atom. The van der Waals surface area contributed by atoms with Crippen molar-refractivity contribution in [3.63, 3.8) is 0 Å². The molecule has 174 valence electrons. The average Bonchev–Trinajstić information content (AvgIpc) is 3.07. The number of aliphatic hydroxyl groups is 1. The molecule has 1 heterocycles. The number of rotatable bonds is 6. The van der Waals surface area contributed by atoms with E-state index in [4.69, 9.17) is 0 Å². The molecule has 1 aliphatic rings. The third-order valence-electron chi connectivity index (χ3n) is 5.90. The predicted octanol–water partition coefficient (Wildman–Crippen LogP) is 3.44. The number of phenols is 1. The van der Waals surface area contributed by atoms with Gasteiger partial charge >= 0.3 is 0 Å². The van der Waals surface area contributed by atoms with Gasteiger partial charge in [0.15, 0.2) is 0 Å². The molecule has 0 spiro atoms. The van der Waals surface area contributed by atoms with Crippen molar-refractivity contribution in [2.75, 3.05) is 27.2 Å². The minimum atomic E-state index is -0.966. The first-order valence-corrected chi connectivity index (χ1v) is 10.6. The highest BCUT2D eigenvalue weighted by atomic mass is 16.6. The van der Waals surface area contributed by atoms with Gasteiger partial charge in [0, 0.05) is 30.6 Å². The Morgan fingerprint density at radius 3 is 2.38 bits per heavy atom. The molecule has 0 bridgehead atoms. The number of hydrogen-bond donors (Lipinski definition) is 2. The lowest BCUT2D eigenvalue weighted by Gasteiger charge is -2.26. The van der Waals surface area contributed by atoms with Crippen LogP contribution in [0.1, 0.15) is 17.2 Å². The van der Waals surface area contributed by atoms with Crippen molar-refractivity contribution in [3.05, 3.63) is 87.5 Å². The van der Waals surface area contributed by atoms with Crippen molar-refractivity contribution in [1.82, 2.24) is 9.80 Å². The van der Waals surface area contributed by atoms with E-state index in [9.17, 15) is 29.9 Å². The molecule has 9 nitrogen and oxygen atoms in total. The zero-order valence-electron chi connectivity index (χ0n) is 18.6. The molecule has 1 fully saturated rings. The normalized spacial score (nSPS) is 17.6. The maximum absolute atomic E-state index is 13.1. The summed E-state index contributed by atoms with van der Waals surface area (Å²) in [6.07, 6.45) is 0. The first-order chi connectivity index (χ1) is 16.2. The van der Waals surface area contributed by atoms with Gasteiger partial charge in [0.25, 0.3) is 17.4 Å². The second-order valence-electron chi connectivity index (χ2n) is 8.33. The summed E-state index contributed by atoms with van der Waals surface area (Å²) in [6, 6.07) is 14.8. The van der Waals surface area contributed by atoms with Crippen molar-refractivity contribution >= 4 is 33.9 Å². The molecular formula is C25H23N3O6. The molecule has 3 aromatic carbocycles. The van der Waals surface area contributed by atoms with Crippen molar-refractivity contribution in [2.24, 2.45) is 0 Å². The summed E-state index contributed by atoms with van der Waals surface area (Å²) in [5.74, 6) is -2.38. The van der Waals surface area contributed by atoms with Crippen LogP contribution in [0.3, 0.4) is 0 Å². The molecule has 1 amide bonds. The van der Waals surface area contributed by atoms with Gasteiger partial charge in [-0.2, -0.15) is 0 Å². The average molecular weight is 461 g/mol. The van der Waals surface area contributed by atoms with Crippen LogP contribution in [0.4, 0.5) is 5.69 Å². The fourth-order valence-corrected chi connectivity index (χ4v) is 4.13. The van der Waals surface area contributed by atoms with Crippen LogP contribution in [0.5, 0.6) is 5.75 Å². The molecule has 4 rings (SSSR count). The molecule has 34 heavy (non-hydrogen) atoms. The van der Waals surface area contributed by atoms with Gasteiger partial charge in [-0.3, -0.25) is 19.7 Å². The highest BCUT2D eigenvalue weighted by Gasteiger charge is 2.46.